The van der Waals surface area contributed by atoms with E-state index in [1.165, 1.54) is 4.90 Å². The van der Waals surface area contributed by atoms with Crippen LogP contribution in [0, 0.1) is 13.8 Å². The number of carbonyl (C=O) groups excluding carboxylic acids is 2. The van der Waals surface area contributed by atoms with Gasteiger partial charge in [-0.3, -0.25) is 9.59 Å². The fourth-order valence-electron chi connectivity index (χ4n) is 2.43. The minimum Gasteiger partial charge on any atom is -0.426 e. The Bertz CT molecular complexity index is 583. The fraction of sp³-hybridized carbons (Fsp3) is 0.500. The van der Waals surface area contributed by atoms with Crippen molar-refractivity contribution >= 4 is 30.5 Å². The van der Waals surface area contributed by atoms with E-state index >= 15 is 0 Å². The van der Waals surface area contributed by atoms with Gasteiger partial charge in [-0.2, -0.15) is 0 Å². The smallest absolute Gasteiger partial charge is 0.426 e. The molecule has 0 saturated carbocycles. The average molecular weight is 355 g/mol. The second-order valence-electron chi connectivity index (χ2n) is 5.76. The number of carbonyl (C=O) groups is 2. The molecule has 24 heavy (non-hydrogen) atoms. The summed E-state index contributed by atoms with van der Waals surface area (Å²) in [5, 5.41) is 21.7. The zero-order valence-corrected chi connectivity index (χ0v) is 15.0. The molecule has 132 valence electrons. The molecule has 0 heterocycles. The van der Waals surface area contributed by atoms with Crippen molar-refractivity contribution in [3.8, 4) is 0 Å². The monoisotopic (exact) mass is 354 g/mol. The van der Waals surface area contributed by atoms with Crippen LogP contribution in [-0.4, -0.2) is 58.8 Å². The summed E-state index contributed by atoms with van der Waals surface area (Å²) in [6, 6.07) is 5.83. The molecule has 1 aromatic carbocycles. The first kappa shape index (κ1) is 20.5. The van der Waals surface area contributed by atoms with Crippen molar-refractivity contribution in [3.63, 3.8) is 0 Å². The molecule has 0 aliphatic rings. The van der Waals surface area contributed by atoms with Gasteiger partial charge in [0, 0.05) is 6.54 Å². The van der Waals surface area contributed by atoms with Crippen molar-refractivity contribution in [1.29, 1.82) is 0 Å². The first-order valence-corrected chi connectivity index (χ1v) is 8.37. The average Bonchev–Trinajstić information content (AvgIpc) is 2.53. The van der Waals surface area contributed by atoms with Gasteiger partial charge < -0.3 is 20.3 Å². The van der Waals surface area contributed by atoms with E-state index in [9.17, 15) is 19.6 Å². The van der Waals surface area contributed by atoms with Gasteiger partial charge in [0.1, 0.15) is 5.88 Å². The molecule has 6 nitrogen and oxygen atoms in total. The number of benzene rings is 1. The maximum absolute atomic E-state index is 12.1. The Morgan fingerprint density at radius 3 is 2.50 bits per heavy atom. The van der Waals surface area contributed by atoms with Gasteiger partial charge in [-0.05, 0) is 38.3 Å². The SMILES string of the molecule is CCN(CC(=O)NC(Cc1ccc(C)cc1C)B(O)O)C(=O)CCl. The number of halogens is 1. The molecule has 0 spiro atoms. The van der Waals surface area contributed by atoms with Gasteiger partial charge in [-0.15, -0.1) is 11.6 Å². The number of nitrogens with zero attached hydrogens (tertiary/aromatic N) is 1. The van der Waals surface area contributed by atoms with Gasteiger partial charge in [-0.1, -0.05) is 23.8 Å². The summed E-state index contributed by atoms with van der Waals surface area (Å²) in [5.41, 5.74) is 3.05. The van der Waals surface area contributed by atoms with Crippen molar-refractivity contribution in [3.05, 3.63) is 34.9 Å². The van der Waals surface area contributed by atoms with E-state index in [0.717, 1.165) is 16.7 Å². The van der Waals surface area contributed by atoms with Crippen LogP contribution in [0.3, 0.4) is 0 Å². The summed E-state index contributed by atoms with van der Waals surface area (Å²) < 4.78 is 0. The molecule has 0 saturated heterocycles. The van der Waals surface area contributed by atoms with Gasteiger partial charge in [-0.25, -0.2) is 0 Å². The normalized spacial score (nSPS) is 11.8. The van der Waals surface area contributed by atoms with Crippen LogP contribution in [0.15, 0.2) is 18.2 Å². The van der Waals surface area contributed by atoms with Crippen LogP contribution in [-0.2, 0) is 16.0 Å². The minimum absolute atomic E-state index is 0.168. The summed E-state index contributed by atoms with van der Waals surface area (Å²) in [5.74, 6) is -1.86. The molecule has 0 aliphatic heterocycles. The minimum atomic E-state index is -1.70. The lowest BCUT2D eigenvalue weighted by Gasteiger charge is -2.23. The topological polar surface area (TPSA) is 89.9 Å². The lowest BCUT2D eigenvalue weighted by atomic mass is 9.75. The molecule has 1 aromatic rings. The van der Waals surface area contributed by atoms with Gasteiger partial charge in [0.2, 0.25) is 11.8 Å². The number of hydrogen-bond acceptors (Lipinski definition) is 4. The predicted molar refractivity (Wildman–Crippen MR) is 94.7 cm³/mol. The van der Waals surface area contributed by atoms with Crippen LogP contribution < -0.4 is 5.32 Å². The lowest BCUT2D eigenvalue weighted by molar-refractivity contribution is -0.134. The summed E-state index contributed by atoms with van der Waals surface area (Å²) in [4.78, 5) is 25.0. The number of aryl methyl sites for hydroxylation is 2. The number of likely N-dealkylation sites (N-methyl/N-ethyl adjacent to an activating group) is 1. The molecular weight excluding hydrogens is 330 g/mol. The number of amides is 2. The van der Waals surface area contributed by atoms with Gasteiger partial charge >= 0.3 is 7.12 Å². The van der Waals surface area contributed by atoms with Crippen LogP contribution >= 0.6 is 11.6 Å². The zero-order chi connectivity index (χ0) is 18.3. The second-order valence-corrected chi connectivity index (χ2v) is 6.03. The molecule has 0 aliphatic carbocycles. The Kier molecular flexibility index (Phi) is 8.25. The molecule has 1 rings (SSSR count). The molecule has 0 radical (unpaired) electrons. The Hall–Kier alpha value is -1.57. The van der Waals surface area contributed by atoms with Crippen LogP contribution in [0.4, 0.5) is 0 Å². The third-order valence-electron chi connectivity index (χ3n) is 3.83. The molecule has 1 atom stereocenters. The zero-order valence-electron chi connectivity index (χ0n) is 14.3. The lowest BCUT2D eigenvalue weighted by Crippen LogP contribution is -2.51. The van der Waals surface area contributed by atoms with Crippen LogP contribution in [0.25, 0.3) is 0 Å². The first-order valence-electron chi connectivity index (χ1n) is 7.83. The predicted octanol–water partition coefficient (Wildman–Crippen LogP) is 0.430. The fourth-order valence-corrected chi connectivity index (χ4v) is 2.60. The number of rotatable bonds is 8. The third-order valence-corrected chi connectivity index (χ3v) is 4.06. The van der Waals surface area contributed by atoms with Gasteiger partial charge in [0.15, 0.2) is 0 Å². The van der Waals surface area contributed by atoms with Crippen molar-refractivity contribution < 1.29 is 19.6 Å². The second kappa shape index (κ2) is 9.66. The molecule has 1 unspecified atom stereocenters. The first-order chi connectivity index (χ1) is 11.3. The highest BCUT2D eigenvalue weighted by molar-refractivity contribution is 6.43. The molecule has 8 heteroatoms. The van der Waals surface area contributed by atoms with Crippen LogP contribution in [0.5, 0.6) is 0 Å². The number of alkyl halides is 1. The van der Waals surface area contributed by atoms with Crippen molar-refractivity contribution in [2.24, 2.45) is 0 Å². The van der Waals surface area contributed by atoms with Gasteiger partial charge in [0.05, 0.1) is 12.5 Å². The Morgan fingerprint density at radius 2 is 2.00 bits per heavy atom. The maximum atomic E-state index is 12.1. The van der Waals surface area contributed by atoms with E-state index in [1.54, 1.807) is 6.92 Å². The number of hydrogen-bond donors (Lipinski definition) is 3. The van der Waals surface area contributed by atoms with Crippen LogP contribution in [0.1, 0.15) is 23.6 Å². The van der Waals surface area contributed by atoms with E-state index < -0.39 is 19.0 Å². The van der Waals surface area contributed by atoms with Crippen molar-refractivity contribution in [2.75, 3.05) is 19.0 Å². The van der Waals surface area contributed by atoms with Crippen LogP contribution in [0.2, 0.25) is 0 Å². The highest BCUT2D eigenvalue weighted by atomic mass is 35.5. The van der Waals surface area contributed by atoms with E-state index in [4.69, 9.17) is 11.6 Å². The van der Waals surface area contributed by atoms with Gasteiger partial charge in [0.25, 0.3) is 0 Å². The largest absolute Gasteiger partial charge is 0.475 e. The van der Waals surface area contributed by atoms with E-state index in [0.29, 0.717) is 6.54 Å². The van der Waals surface area contributed by atoms with E-state index in [1.807, 2.05) is 32.0 Å². The summed E-state index contributed by atoms with van der Waals surface area (Å²) in [7, 11) is -1.70. The van der Waals surface area contributed by atoms with E-state index in [-0.39, 0.29) is 24.8 Å². The van der Waals surface area contributed by atoms with Crippen molar-refractivity contribution in [1.82, 2.24) is 10.2 Å². The molecular formula is C16H24BClN2O4. The van der Waals surface area contributed by atoms with Crippen molar-refractivity contribution in [2.45, 2.75) is 33.1 Å². The van der Waals surface area contributed by atoms with E-state index in [2.05, 4.69) is 5.32 Å². The highest BCUT2D eigenvalue weighted by Gasteiger charge is 2.27. The molecule has 2 amide bonds. The standard InChI is InChI=1S/C16H24BClN2O4/c1-4-20(16(22)9-18)10-15(21)19-14(17(23)24)8-13-6-5-11(2)7-12(13)3/h5-7,14,23-24H,4,8-10H2,1-3H3,(H,19,21). The Morgan fingerprint density at radius 1 is 1.33 bits per heavy atom. The number of nitrogens with one attached hydrogen (secondary N) is 1. The molecule has 0 bridgehead atoms. The molecule has 3 N–H and O–H groups in total. The Labute approximate surface area is 147 Å². The molecule has 0 aromatic heterocycles. The summed E-state index contributed by atoms with van der Waals surface area (Å²) in [6.07, 6.45) is 0.283. The summed E-state index contributed by atoms with van der Waals surface area (Å²) >= 11 is 5.50. The Balaban J connectivity index is 2.75. The molecule has 0 fully saturated rings. The third kappa shape index (κ3) is 6.15. The maximum Gasteiger partial charge on any atom is 0.475 e. The summed E-state index contributed by atoms with van der Waals surface area (Å²) in [6.45, 7) is 5.83. The highest BCUT2D eigenvalue weighted by Crippen LogP contribution is 2.13. The quantitative estimate of drug-likeness (QED) is 0.466.